The fraction of sp³-hybridized carbons (Fsp3) is 0.643. The van der Waals surface area contributed by atoms with Gasteiger partial charge in [-0.1, -0.05) is 6.42 Å². The van der Waals surface area contributed by atoms with Crippen LogP contribution in [-0.2, 0) is 6.54 Å². The van der Waals surface area contributed by atoms with Crippen LogP contribution < -0.4 is 10.6 Å². The molecule has 2 fully saturated rings. The molecule has 0 radical (unpaired) electrons. The van der Waals surface area contributed by atoms with Gasteiger partial charge in [-0.2, -0.15) is 0 Å². The van der Waals surface area contributed by atoms with Gasteiger partial charge in [0, 0.05) is 30.9 Å². The molecule has 1 aromatic heterocycles. The van der Waals surface area contributed by atoms with Crippen LogP contribution in [0.25, 0.3) is 0 Å². The highest BCUT2D eigenvalue weighted by Crippen LogP contribution is 2.39. The topological polar surface area (TPSA) is 42.1 Å². The van der Waals surface area contributed by atoms with Crippen LogP contribution >= 0.6 is 0 Å². The van der Waals surface area contributed by atoms with Gasteiger partial charge in [0.15, 0.2) is 11.6 Å². The normalized spacial score (nSPS) is 27.3. The van der Waals surface area contributed by atoms with Crippen molar-refractivity contribution in [1.29, 1.82) is 0 Å². The molecule has 2 unspecified atom stereocenters. The summed E-state index contributed by atoms with van der Waals surface area (Å²) in [5.74, 6) is 1.04. The zero-order valence-corrected chi connectivity index (χ0v) is 10.6. The molecule has 1 saturated heterocycles. The van der Waals surface area contributed by atoms with E-state index in [0.29, 0.717) is 17.4 Å². The van der Waals surface area contributed by atoms with Gasteiger partial charge in [0.2, 0.25) is 0 Å². The molecule has 2 N–H and O–H groups in total. The molecule has 2 aliphatic rings. The third-order valence-electron chi connectivity index (χ3n) is 4.44. The molecule has 2 heterocycles. The number of nitrogens with zero attached hydrogens (tertiary/aromatic N) is 2. The molecule has 4 heteroatoms. The molecule has 98 valence electrons. The minimum absolute atomic E-state index is 0.215. The maximum Gasteiger partial charge on any atom is 0.170 e. The second kappa shape index (κ2) is 4.84. The lowest BCUT2D eigenvalue weighted by molar-refractivity contribution is 0.357. The van der Waals surface area contributed by atoms with Crippen molar-refractivity contribution in [2.24, 2.45) is 11.7 Å². The minimum atomic E-state index is -0.215. The maximum atomic E-state index is 14.3. The van der Waals surface area contributed by atoms with Crippen molar-refractivity contribution in [2.45, 2.75) is 44.7 Å². The van der Waals surface area contributed by atoms with Gasteiger partial charge in [0.25, 0.3) is 0 Å². The summed E-state index contributed by atoms with van der Waals surface area (Å²) in [6, 6.07) is 2.17. The van der Waals surface area contributed by atoms with E-state index in [-0.39, 0.29) is 12.4 Å². The van der Waals surface area contributed by atoms with E-state index in [2.05, 4.69) is 9.88 Å². The first-order valence-electron chi connectivity index (χ1n) is 6.91. The van der Waals surface area contributed by atoms with Crippen LogP contribution in [0, 0.1) is 11.7 Å². The van der Waals surface area contributed by atoms with Crippen LogP contribution in [0.15, 0.2) is 12.3 Å². The zero-order chi connectivity index (χ0) is 12.5. The predicted molar refractivity (Wildman–Crippen MR) is 69.8 cm³/mol. The number of halogens is 1. The number of rotatable bonds is 2. The Labute approximate surface area is 107 Å². The third kappa shape index (κ3) is 1.88. The van der Waals surface area contributed by atoms with Crippen molar-refractivity contribution in [3.8, 4) is 0 Å². The minimum Gasteiger partial charge on any atom is -0.351 e. The smallest absolute Gasteiger partial charge is 0.170 e. The van der Waals surface area contributed by atoms with Crippen LogP contribution in [0.4, 0.5) is 10.2 Å². The number of pyridine rings is 1. The molecule has 1 saturated carbocycles. The predicted octanol–water partition coefficient (Wildman–Crippen LogP) is 2.45. The highest BCUT2D eigenvalue weighted by molar-refractivity contribution is 5.45. The Balaban J connectivity index is 1.93. The second-order valence-corrected chi connectivity index (χ2v) is 5.41. The second-order valence-electron chi connectivity index (χ2n) is 5.41. The van der Waals surface area contributed by atoms with Crippen molar-refractivity contribution in [1.82, 2.24) is 4.98 Å². The van der Waals surface area contributed by atoms with Crippen molar-refractivity contribution in [3.63, 3.8) is 0 Å². The lowest BCUT2D eigenvalue weighted by Gasteiger charge is -2.38. The molecule has 18 heavy (non-hydrogen) atoms. The van der Waals surface area contributed by atoms with E-state index < -0.39 is 0 Å². The summed E-state index contributed by atoms with van der Waals surface area (Å²) in [4.78, 5) is 6.46. The summed E-state index contributed by atoms with van der Waals surface area (Å²) in [5.41, 5.74) is 6.14. The Morgan fingerprint density at radius 1 is 1.33 bits per heavy atom. The monoisotopic (exact) mass is 249 g/mol. The van der Waals surface area contributed by atoms with Crippen LogP contribution in [-0.4, -0.2) is 17.6 Å². The first-order chi connectivity index (χ1) is 8.81. The fourth-order valence-corrected chi connectivity index (χ4v) is 3.55. The number of nitrogens with two attached hydrogens (primary N) is 1. The van der Waals surface area contributed by atoms with Gasteiger partial charge in [-0.05, 0) is 37.7 Å². The highest BCUT2D eigenvalue weighted by atomic mass is 19.1. The first kappa shape index (κ1) is 11.9. The molecule has 3 rings (SSSR count). The average molecular weight is 249 g/mol. The summed E-state index contributed by atoms with van der Waals surface area (Å²) < 4.78 is 14.3. The number of hydrogen-bond donors (Lipinski definition) is 1. The Bertz CT molecular complexity index is 435. The maximum absolute atomic E-state index is 14.3. The zero-order valence-electron chi connectivity index (χ0n) is 10.6. The van der Waals surface area contributed by atoms with Gasteiger partial charge in [-0.15, -0.1) is 0 Å². The first-order valence-corrected chi connectivity index (χ1v) is 6.91. The van der Waals surface area contributed by atoms with Crippen molar-refractivity contribution in [3.05, 3.63) is 23.6 Å². The summed E-state index contributed by atoms with van der Waals surface area (Å²) in [6.45, 7) is 1.17. The van der Waals surface area contributed by atoms with Crippen molar-refractivity contribution < 1.29 is 4.39 Å². The van der Waals surface area contributed by atoms with Crippen molar-refractivity contribution >= 4 is 5.82 Å². The molecular weight excluding hydrogens is 229 g/mol. The Morgan fingerprint density at radius 3 is 3.00 bits per heavy atom. The van der Waals surface area contributed by atoms with Crippen LogP contribution in [0.1, 0.15) is 37.7 Å². The molecule has 2 atom stereocenters. The van der Waals surface area contributed by atoms with E-state index in [4.69, 9.17) is 5.73 Å². The van der Waals surface area contributed by atoms with Crippen molar-refractivity contribution in [2.75, 3.05) is 11.4 Å². The lowest BCUT2D eigenvalue weighted by Crippen LogP contribution is -2.43. The quantitative estimate of drug-likeness (QED) is 0.875. The van der Waals surface area contributed by atoms with E-state index in [0.717, 1.165) is 18.9 Å². The third-order valence-corrected chi connectivity index (χ3v) is 4.44. The lowest BCUT2D eigenvalue weighted by atomic mass is 9.92. The van der Waals surface area contributed by atoms with E-state index in [1.165, 1.54) is 25.7 Å². The van der Waals surface area contributed by atoms with Gasteiger partial charge < -0.3 is 10.6 Å². The summed E-state index contributed by atoms with van der Waals surface area (Å²) in [7, 11) is 0. The molecule has 0 aromatic carbocycles. The molecule has 1 aromatic rings. The van der Waals surface area contributed by atoms with Gasteiger partial charge in [-0.25, -0.2) is 9.37 Å². The van der Waals surface area contributed by atoms with E-state index in [9.17, 15) is 4.39 Å². The summed E-state index contributed by atoms with van der Waals surface area (Å²) >= 11 is 0. The molecular formula is C14H20FN3. The van der Waals surface area contributed by atoms with Gasteiger partial charge in [0.05, 0.1) is 0 Å². The summed E-state index contributed by atoms with van der Waals surface area (Å²) in [6.07, 6.45) is 7.86. The number of anilines is 1. The van der Waals surface area contributed by atoms with E-state index in [1.807, 2.05) is 0 Å². The highest BCUT2D eigenvalue weighted by Gasteiger charge is 2.36. The van der Waals surface area contributed by atoms with Crippen LogP contribution in [0.3, 0.4) is 0 Å². The molecule has 0 bridgehead atoms. The molecule has 0 amide bonds. The molecule has 1 aliphatic heterocycles. The summed E-state index contributed by atoms with van der Waals surface area (Å²) in [5, 5.41) is 0. The molecule has 1 aliphatic carbocycles. The standard InChI is InChI=1S/C14H20FN3/c15-13-11(9-16)6-7-17-14(13)18-8-2-4-10-3-1-5-12(10)18/h6-7,10,12H,1-5,8-9,16H2. The van der Waals surface area contributed by atoms with Crippen LogP contribution in [0.5, 0.6) is 0 Å². The van der Waals surface area contributed by atoms with E-state index in [1.54, 1.807) is 12.3 Å². The number of hydrogen-bond acceptors (Lipinski definition) is 3. The van der Waals surface area contributed by atoms with Gasteiger partial charge >= 0.3 is 0 Å². The Morgan fingerprint density at radius 2 is 2.17 bits per heavy atom. The fourth-order valence-electron chi connectivity index (χ4n) is 3.55. The SMILES string of the molecule is NCc1ccnc(N2CCCC3CCCC32)c1F. The van der Waals surface area contributed by atoms with Crippen LogP contribution in [0.2, 0.25) is 0 Å². The Hall–Kier alpha value is -1.16. The largest absolute Gasteiger partial charge is 0.351 e. The number of piperidine rings is 1. The molecule has 0 spiro atoms. The number of fused-ring (bicyclic) bond motifs is 1. The number of aromatic nitrogens is 1. The van der Waals surface area contributed by atoms with E-state index >= 15 is 0 Å². The van der Waals surface area contributed by atoms with Gasteiger partial charge in [-0.3, -0.25) is 0 Å². The average Bonchev–Trinajstić information content (AvgIpc) is 2.87. The van der Waals surface area contributed by atoms with Gasteiger partial charge in [0.1, 0.15) is 0 Å². The molecule has 3 nitrogen and oxygen atoms in total. The Kier molecular flexibility index (Phi) is 3.20.